The second kappa shape index (κ2) is 10.5. The van der Waals surface area contributed by atoms with Gasteiger partial charge in [0.2, 0.25) is 5.69 Å². The van der Waals surface area contributed by atoms with E-state index in [2.05, 4.69) is 54.6 Å². The molecule has 1 atom stereocenters. The lowest BCUT2D eigenvalue weighted by atomic mass is 9.75. The van der Waals surface area contributed by atoms with E-state index in [9.17, 15) is 8.42 Å². The summed E-state index contributed by atoms with van der Waals surface area (Å²) in [6.45, 7) is 5.15. The minimum absolute atomic E-state index is 0.209. The van der Waals surface area contributed by atoms with Gasteiger partial charge in [-0.3, -0.25) is 4.55 Å². The number of benzene rings is 2. The van der Waals surface area contributed by atoms with Crippen LogP contribution in [0.5, 0.6) is 0 Å². The highest BCUT2D eigenvalue weighted by Crippen LogP contribution is 2.44. The molecule has 1 heterocycles. The average molecular weight is 472 g/mol. The molecule has 1 aliphatic heterocycles. The molecule has 2 aromatic carbocycles. The van der Waals surface area contributed by atoms with Gasteiger partial charge in [-0.15, -0.1) is 12.6 Å². The van der Waals surface area contributed by atoms with Crippen LogP contribution < -0.4 is 5.32 Å². The molecule has 2 aromatic rings. The van der Waals surface area contributed by atoms with Crippen LogP contribution in [-0.4, -0.2) is 35.6 Å². The Balaban J connectivity index is 1.84. The van der Waals surface area contributed by atoms with E-state index in [0.29, 0.717) is 12.8 Å². The highest BCUT2D eigenvalue weighted by molar-refractivity contribution is 7.85. The lowest BCUT2D eigenvalue weighted by molar-refractivity contribution is -0.433. The molecule has 2 N–H and O–H groups in total. The zero-order valence-corrected chi connectivity index (χ0v) is 20.2. The number of nitrogens with zero attached hydrogens (tertiary/aromatic N) is 1. The second-order valence-corrected chi connectivity index (χ2v) is 10.2. The minimum atomic E-state index is -3.94. The zero-order valence-electron chi connectivity index (χ0n) is 18.5. The number of allylic oxidation sites excluding steroid dienone is 3. The van der Waals surface area contributed by atoms with E-state index in [1.54, 1.807) is 0 Å². The topological polar surface area (TPSA) is 69.4 Å². The van der Waals surface area contributed by atoms with Crippen molar-refractivity contribution in [1.29, 1.82) is 0 Å². The van der Waals surface area contributed by atoms with Gasteiger partial charge in [-0.2, -0.15) is 13.0 Å². The summed E-state index contributed by atoms with van der Waals surface area (Å²) in [4.78, 5) is 0.904. The summed E-state index contributed by atoms with van der Waals surface area (Å²) in [6, 6.07) is 16.2. The number of unbranched alkanes of at least 4 members (excludes halogenated alkanes) is 1. The monoisotopic (exact) mass is 471 g/mol. The Bertz CT molecular complexity index is 1140. The highest BCUT2D eigenvalue weighted by atomic mass is 32.2. The maximum atomic E-state index is 11.1. The van der Waals surface area contributed by atoms with Gasteiger partial charge < -0.3 is 5.32 Å². The van der Waals surface area contributed by atoms with Gasteiger partial charge in [0.1, 0.15) is 6.54 Å². The van der Waals surface area contributed by atoms with E-state index < -0.39 is 10.1 Å². The summed E-state index contributed by atoms with van der Waals surface area (Å²) < 4.78 is 33.6. The van der Waals surface area contributed by atoms with Crippen LogP contribution in [0.4, 0.5) is 11.4 Å². The number of anilines is 1. The Morgan fingerprint density at radius 3 is 2.56 bits per heavy atom. The molecule has 0 radical (unpaired) electrons. The normalized spacial score (nSPS) is 18.6. The first-order valence-electron chi connectivity index (χ1n) is 10.8. The number of nitrogens with one attached hydrogen (secondary N) is 1. The molecular weight excluding hydrogens is 440 g/mol. The van der Waals surface area contributed by atoms with Crippen LogP contribution >= 0.6 is 12.6 Å². The fourth-order valence-electron chi connectivity index (χ4n) is 4.29. The van der Waals surface area contributed by atoms with Crippen molar-refractivity contribution in [3.63, 3.8) is 0 Å². The smallest absolute Gasteiger partial charge is 0.264 e. The summed E-state index contributed by atoms with van der Waals surface area (Å²) in [5, 5.41) is 3.25. The van der Waals surface area contributed by atoms with Gasteiger partial charge in [0.15, 0.2) is 5.71 Å². The molecule has 0 saturated heterocycles. The molecule has 0 aliphatic carbocycles. The van der Waals surface area contributed by atoms with Gasteiger partial charge in [0, 0.05) is 34.5 Å². The summed E-state index contributed by atoms with van der Waals surface area (Å²) >= 11 is 4.55. The standard InChI is InChI=1S/C25H30N2O3S2/c1-3-27-23-15-14-21(31)19-22(23)25(2,16-8-10-18-32(28,29)30)24(27)13-7-9-17-26-20-11-5-4-6-12-20/h4-7,9,11-15,17,19H,3,8,10,16,18H2,1-2H3,(H2,28,29,30,31)/p+1. The average Bonchev–Trinajstić information content (AvgIpc) is 2.98. The van der Waals surface area contributed by atoms with Crippen molar-refractivity contribution in [2.45, 2.75) is 43.4 Å². The molecule has 1 unspecified atom stereocenters. The Morgan fingerprint density at radius 1 is 1.12 bits per heavy atom. The third kappa shape index (κ3) is 5.91. The number of fused-ring (bicyclic) bond motifs is 1. The first-order valence-corrected chi connectivity index (χ1v) is 12.9. The van der Waals surface area contributed by atoms with E-state index >= 15 is 0 Å². The van der Waals surface area contributed by atoms with E-state index in [0.717, 1.165) is 29.2 Å². The summed E-state index contributed by atoms with van der Waals surface area (Å²) in [7, 11) is -3.94. The molecule has 170 valence electrons. The second-order valence-electron chi connectivity index (χ2n) is 8.13. The third-order valence-electron chi connectivity index (χ3n) is 5.85. The Hall–Kier alpha value is -2.35. The molecule has 0 fully saturated rings. The van der Waals surface area contributed by atoms with Crippen molar-refractivity contribution in [2.75, 3.05) is 17.6 Å². The minimum Gasteiger partial charge on any atom is -0.362 e. The van der Waals surface area contributed by atoms with Gasteiger partial charge >= 0.3 is 0 Å². The van der Waals surface area contributed by atoms with E-state index in [1.807, 2.05) is 54.8 Å². The fraction of sp³-hybridized carbons (Fsp3) is 0.320. The third-order valence-corrected chi connectivity index (χ3v) is 6.93. The van der Waals surface area contributed by atoms with Crippen molar-refractivity contribution < 1.29 is 17.5 Å². The molecule has 1 aliphatic rings. The fourth-order valence-corrected chi connectivity index (χ4v) is 5.06. The predicted octanol–water partition coefficient (Wildman–Crippen LogP) is 5.59. The molecule has 5 nitrogen and oxygen atoms in total. The molecular formula is C25H31N2O3S2+. The van der Waals surface area contributed by atoms with E-state index in [1.165, 1.54) is 11.3 Å². The van der Waals surface area contributed by atoms with Gasteiger partial charge in [-0.1, -0.05) is 30.7 Å². The maximum absolute atomic E-state index is 11.1. The van der Waals surface area contributed by atoms with Crippen LogP contribution in [-0.2, 0) is 15.5 Å². The molecule has 7 heteroatoms. The van der Waals surface area contributed by atoms with Gasteiger partial charge in [0.25, 0.3) is 10.1 Å². The van der Waals surface area contributed by atoms with Crippen molar-refractivity contribution >= 4 is 39.8 Å². The molecule has 3 rings (SSSR count). The van der Waals surface area contributed by atoms with Crippen LogP contribution in [0.1, 0.15) is 38.7 Å². The molecule has 32 heavy (non-hydrogen) atoms. The Morgan fingerprint density at radius 2 is 1.88 bits per heavy atom. The lowest BCUT2D eigenvalue weighted by Gasteiger charge is -2.22. The van der Waals surface area contributed by atoms with Crippen molar-refractivity contribution in [1.82, 2.24) is 0 Å². The predicted molar refractivity (Wildman–Crippen MR) is 135 cm³/mol. The van der Waals surface area contributed by atoms with Crippen LogP contribution in [0.25, 0.3) is 0 Å². The molecule has 0 aromatic heterocycles. The zero-order chi connectivity index (χ0) is 23.2. The summed E-state index contributed by atoms with van der Waals surface area (Å²) in [5.41, 5.74) is 4.28. The largest absolute Gasteiger partial charge is 0.362 e. The molecule has 0 saturated carbocycles. The number of rotatable bonds is 10. The van der Waals surface area contributed by atoms with Gasteiger partial charge in [-0.05, 0) is 57.0 Å². The highest BCUT2D eigenvalue weighted by Gasteiger charge is 2.46. The number of hydrogen-bond acceptors (Lipinski definition) is 4. The number of thiol groups is 1. The van der Waals surface area contributed by atoms with E-state index in [4.69, 9.17) is 4.55 Å². The molecule has 0 amide bonds. The van der Waals surface area contributed by atoms with Crippen molar-refractivity contribution in [3.05, 3.63) is 78.5 Å². The quantitative estimate of drug-likeness (QED) is 0.139. The van der Waals surface area contributed by atoms with Gasteiger partial charge in [0.05, 0.1) is 11.2 Å². The SMILES string of the molecule is CC[N+]1=C(/C=C/C=C/Nc2ccccc2)C(C)(CCCCS(=O)(=O)O)c2cc(S)ccc21. The van der Waals surface area contributed by atoms with E-state index in [-0.39, 0.29) is 11.2 Å². The summed E-state index contributed by atoms with van der Waals surface area (Å²) in [6.07, 6.45) is 9.92. The Kier molecular flexibility index (Phi) is 7.98. The molecule has 0 spiro atoms. The summed E-state index contributed by atoms with van der Waals surface area (Å²) in [5.74, 6) is -0.209. The first kappa shape index (κ1) is 24.3. The van der Waals surface area contributed by atoms with Crippen molar-refractivity contribution in [2.24, 2.45) is 0 Å². The maximum Gasteiger partial charge on any atom is 0.264 e. The van der Waals surface area contributed by atoms with Crippen LogP contribution in [0.3, 0.4) is 0 Å². The number of hydrogen-bond donors (Lipinski definition) is 3. The van der Waals surface area contributed by atoms with Crippen LogP contribution in [0.2, 0.25) is 0 Å². The van der Waals surface area contributed by atoms with Crippen LogP contribution in [0, 0.1) is 0 Å². The van der Waals surface area contributed by atoms with Crippen LogP contribution in [0.15, 0.2) is 77.9 Å². The first-order chi connectivity index (χ1) is 15.2. The lowest BCUT2D eigenvalue weighted by Crippen LogP contribution is -2.31. The van der Waals surface area contributed by atoms with Gasteiger partial charge in [-0.25, -0.2) is 0 Å². The molecule has 0 bridgehead atoms. The Labute approximate surface area is 196 Å². The van der Waals surface area contributed by atoms with Crippen molar-refractivity contribution in [3.8, 4) is 0 Å². The number of para-hydroxylation sites is 1.